The number of benzene rings is 2. The van der Waals surface area contributed by atoms with Crippen LogP contribution in [0.25, 0.3) is 0 Å². The van der Waals surface area contributed by atoms with Crippen molar-refractivity contribution in [3.8, 4) is 0 Å². The van der Waals surface area contributed by atoms with Gasteiger partial charge >= 0.3 is 0 Å². The van der Waals surface area contributed by atoms with Gasteiger partial charge in [-0.25, -0.2) is 4.39 Å². The maximum atomic E-state index is 16.7. The van der Waals surface area contributed by atoms with Crippen molar-refractivity contribution in [2.24, 2.45) is 0 Å². The second-order valence-electron chi connectivity index (χ2n) is 14.8. The maximum absolute atomic E-state index is 16.7. The molecule has 0 bridgehead atoms. The number of aryl methyl sites for hydroxylation is 1. The Labute approximate surface area is 277 Å². The SMILES string of the molecule is BC(O)(Nc1cccc(C)c1C(B)(B)N(C=O)C(CCC=O)C(=O)NC)c1cccc(C(B)(B)N2CC(C)(C)OC(C)(C)C2)c1F. The molecule has 3 N–H and O–H groups in total. The van der Waals surface area contributed by atoms with Gasteiger partial charge in [0.25, 0.3) is 0 Å². The molecule has 1 aliphatic rings. The first kappa shape index (κ1) is 37.4. The van der Waals surface area contributed by atoms with Gasteiger partial charge in [-0.15, -0.1) is 0 Å². The van der Waals surface area contributed by atoms with Crippen LogP contribution < -0.4 is 10.6 Å². The summed E-state index contributed by atoms with van der Waals surface area (Å²) >= 11 is 0. The first-order valence-electron chi connectivity index (χ1n) is 15.9. The average Bonchev–Trinajstić information content (AvgIpc) is 2.92. The number of nitrogens with one attached hydrogen (secondary N) is 2. The summed E-state index contributed by atoms with van der Waals surface area (Å²) in [5.41, 5.74) is -0.343. The fraction of sp³-hybridized carbons (Fsp3) is 0.516. The summed E-state index contributed by atoms with van der Waals surface area (Å²) in [5, 5.41) is 15.9. The summed E-state index contributed by atoms with van der Waals surface area (Å²) in [6.45, 7) is 11.2. The Morgan fingerprint density at radius 1 is 1.07 bits per heavy atom. The zero-order valence-electron chi connectivity index (χ0n) is 29.4. The molecule has 0 spiro atoms. The van der Waals surface area contributed by atoms with E-state index in [1.54, 1.807) is 46.0 Å². The first-order valence-corrected chi connectivity index (χ1v) is 15.9. The van der Waals surface area contributed by atoms with E-state index in [0.717, 1.165) is 5.56 Å². The van der Waals surface area contributed by atoms with E-state index in [0.29, 0.717) is 42.6 Å². The van der Waals surface area contributed by atoms with Crippen molar-refractivity contribution in [3.63, 3.8) is 0 Å². The second-order valence-corrected chi connectivity index (χ2v) is 14.8. The van der Waals surface area contributed by atoms with Gasteiger partial charge in [0.2, 0.25) is 12.3 Å². The average molecular weight is 630 g/mol. The fourth-order valence-electron chi connectivity index (χ4n) is 7.16. The highest BCUT2D eigenvalue weighted by atomic mass is 19.1. The van der Waals surface area contributed by atoms with E-state index in [-0.39, 0.29) is 18.4 Å². The molecule has 2 amide bonds. The summed E-state index contributed by atoms with van der Waals surface area (Å²) < 4.78 is 22.9. The molecule has 2 unspecified atom stereocenters. The minimum Gasteiger partial charge on any atom is -0.375 e. The molecule has 15 heteroatoms. The van der Waals surface area contributed by atoms with Crippen LogP contribution in [0.1, 0.15) is 62.8 Å². The van der Waals surface area contributed by atoms with Crippen LogP contribution in [0.5, 0.6) is 0 Å². The van der Waals surface area contributed by atoms with E-state index in [9.17, 15) is 19.5 Å². The van der Waals surface area contributed by atoms with E-state index in [1.807, 2.05) is 56.4 Å². The lowest BCUT2D eigenvalue weighted by Crippen LogP contribution is -2.63. The molecule has 2 aromatic rings. The predicted molar refractivity (Wildman–Crippen MR) is 193 cm³/mol. The first-order chi connectivity index (χ1) is 21.1. The Hall–Kier alpha value is -3.02. The topological polar surface area (TPSA) is 111 Å². The molecular weight excluding hydrogens is 581 g/mol. The molecule has 2 aromatic carbocycles. The lowest BCUT2D eigenvalue weighted by molar-refractivity contribution is -0.186. The van der Waals surface area contributed by atoms with Gasteiger partial charge in [-0.3, -0.25) is 9.59 Å². The molecule has 0 saturated carbocycles. The highest BCUT2D eigenvalue weighted by molar-refractivity contribution is 6.41. The number of likely N-dealkylation sites (N-methyl/N-ethyl adjacent to an activating group) is 1. The van der Waals surface area contributed by atoms with Crippen molar-refractivity contribution in [2.45, 2.75) is 81.0 Å². The van der Waals surface area contributed by atoms with E-state index in [2.05, 4.69) is 15.5 Å². The number of anilines is 1. The van der Waals surface area contributed by atoms with Crippen LogP contribution in [-0.2, 0) is 35.4 Å². The minimum atomic E-state index is -1.87. The number of morpholine rings is 1. The molecule has 1 saturated heterocycles. The number of hydrogen-bond donors (Lipinski definition) is 3. The van der Waals surface area contributed by atoms with Gasteiger partial charge in [-0.05, 0) is 69.1 Å². The lowest BCUT2D eigenvalue weighted by atomic mass is 9.55. The van der Waals surface area contributed by atoms with E-state index in [1.165, 1.54) is 19.8 Å². The van der Waals surface area contributed by atoms with Crippen LogP contribution in [-0.4, -0.2) is 110 Å². The number of carbonyl (C=O) groups is 3. The number of hydrogen-bond acceptors (Lipinski definition) is 7. The molecule has 2 atom stereocenters. The van der Waals surface area contributed by atoms with Crippen LogP contribution >= 0.6 is 0 Å². The molecule has 0 aromatic heterocycles. The molecule has 46 heavy (non-hydrogen) atoms. The zero-order chi connectivity index (χ0) is 34.9. The number of aliphatic hydroxyl groups is 1. The highest BCUT2D eigenvalue weighted by Gasteiger charge is 2.45. The van der Waals surface area contributed by atoms with Gasteiger partial charge in [0, 0.05) is 43.1 Å². The number of amides is 2. The molecule has 0 radical (unpaired) electrons. The number of halogens is 1. The quantitative estimate of drug-likeness (QED) is 0.136. The zero-order valence-corrected chi connectivity index (χ0v) is 29.4. The second kappa shape index (κ2) is 13.6. The number of rotatable bonds is 13. The van der Waals surface area contributed by atoms with Crippen LogP contribution in [0, 0.1) is 12.7 Å². The summed E-state index contributed by atoms with van der Waals surface area (Å²) in [5.74, 6) is -0.922. The fourth-order valence-corrected chi connectivity index (χ4v) is 7.16. The predicted octanol–water partition coefficient (Wildman–Crippen LogP) is -1.82. The van der Waals surface area contributed by atoms with Crippen molar-refractivity contribution >= 4 is 63.5 Å². The van der Waals surface area contributed by atoms with Crippen molar-refractivity contribution in [3.05, 3.63) is 64.5 Å². The third-order valence-corrected chi connectivity index (χ3v) is 9.13. The molecule has 1 aliphatic heterocycles. The van der Waals surface area contributed by atoms with Gasteiger partial charge < -0.3 is 35.1 Å². The number of ether oxygens (including phenoxy) is 1. The van der Waals surface area contributed by atoms with Crippen molar-refractivity contribution in [1.82, 2.24) is 15.1 Å². The van der Waals surface area contributed by atoms with Crippen molar-refractivity contribution < 1.29 is 28.6 Å². The summed E-state index contributed by atoms with van der Waals surface area (Å²) in [6.07, 6.45) is 1.56. The smallest absolute Gasteiger partial charge is 0.242 e. The van der Waals surface area contributed by atoms with Crippen LogP contribution in [0.4, 0.5) is 10.1 Å². The monoisotopic (exact) mass is 630 g/mol. The lowest BCUT2D eigenvalue weighted by Gasteiger charge is -2.53. The number of aldehydes is 1. The van der Waals surface area contributed by atoms with E-state index in [4.69, 9.17) is 4.74 Å². The Morgan fingerprint density at radius 2 is 1.63 bits per heavy atom. The van der Waals surface area contributed by atoms with Gasteiger partial charge in [-0.1, -0.05) is 30.3 Å². The van der Waals surface area contributed by atoms with Gasteiger partial charge in [0.05, 0.1) is 11.2 Å². The molecule has 244 valence electrons. The molecule has 0 aliphatic carbocycles. The Bertz CT molecular complexity index is 1440. The Morgan fingerprint density at radius 3 is 2.17 bits per heavy atom. The molecule has 3 rings (SSSR count). The Kier molecular flexibility index (Phi) is 11.1. The minimum absolute atomic E-state index is 0.0663. The molecule has 9 nitrogen and oxygen atoms in total. The normalized spacial score (nSPS) is 18.5. The van der Waals surface area contributed by atoms with E-state index < -0.39 is 45.3 Å². The molecule has 1 heterocycles. The van der Waals surface area contributed by atoms with Crippen LogP contribution in [0.2, 0.25) is 0 Å². The van der Waals surface area contributed by atoms with E-state index >= 15 is 4.39 Å². The van der Waals surface area contributed by atoms with Gasteiger partial charge in [0.1, 0.15) is 55.2 Å². The highest BCUT2D eigenvalue weighted by Crippen LogP contribution is 2.39. The number of nitrogens with zero attached hydrogens (tertiary/aromatic N) is 2. The Balaban J connectivity index is 2.08. The summed E-state index contributed by atoms with van der Waals surface area (Å²) in [4.78, 5) is 40.3. The summed E-state index contributed by atoms with van der Waals surface area (Å²) in [6, 6.07) is 9.58. The van der Waals surface area contributed by atoms with Crippen molar-refractivity contribution in [1.29, 1.82) is 0 Å². The standard InChI is InChI=1S/C31H48B5FN4O5/c1-19-10-7-13-22(24(19)30(34,35)41(18-43)23(14-9-15-42)26(44)38-6)39-31(36,45)21-12-8-11-20(25(21)37)29(32,33)40-16-27(2,3)46-28(4,5)17-40/h7-8,10-13,15,18,23,39,45H,9,14,16-17,32-36H2,1-6H3,(H,38,44). The number of carbonyl (C=O) groups excluding carboxylic acids is 3. The third-order valence-electron chi connectivity index (χ3n) is 9.13. The maximum Gasteiger partial charge on any atom is 0.242 e. The van der Waals surface area contributed by atoms with Crippen LogP contribution in [0.15, 0.2) is 36.4 Å². The third kappa shape index (κ3) is 7.74. The van der Waals surface area contributed by atoms with Crippen LogP contribution in [0.3, 0.4) is 0 Å². The van der Waals surface area contributed by atoms with Gasteiger partial charge in [-0.2, -0.15) is 0 Å². The van der Waals surface area contributed by atoms with Gasteiger partial charge in [0.15, 0.2) is 7.85 Å². The van der Waals surface area contributed by atoms with Crippen molar-refractivity contribution in [2.75, 3.05) is 25.5 Å². The largest absolute Gasteiger partial charge is 0.375 e. The molecular formula is C31H48B5FN4O5. The summed E-state index contributed by atoms with van der Waals surface area (Å²) in [7, 11) is 10.5. The molecule has 1 fully saturated rings.